The molecule has 2 N–H and O–H groups in total. The third-order valence-electron chi connectivity index (χ3n) is 8.01. The molecular formula is C28H44N4O5S. The fraction of sp³-hybridized carbons (Fsp3) is 0.714. The summed E-state index contributed by atoms with van der Waals surface area (Å²) in [4.78, 5) is 55.5. The van der Waals surface area contributed by atoms with E-state index < -0.39 is 17.4 Å². The lowest BCUT2D eigenvalue weighted by molar-refractivity contribution is -0.156. The Balaban J connectivity index is 1.61. The van der Waals surface area contributed by atoms with Crippen molar-refractivity contribution < 1.29 is 24.4 Å². The molecule has 0 bridgehead atoms. The van der Waals surface area contributed by atoms with Gasteiger partial charge in [0.05, 0.1) is 18.9 Å². The van der Waals surface area contributed by atoms with Gasteiger partial charge in [-0.15, -0.1) is 11.3 Å². The largest absolute Gasteiger partial charge is 0.344 e. The quantitative estimate of drug-likeness (QED) is 0.250. The Bertz CT molecular complexity index is 934. The number of likely N-dealkylation sites (tertiary alicyclic amines) is 1. The van der Waals surface area contributed by atoms with E-state index in [0.717, 1.165) is 30.6 Å². The molecule has 9 nitrogen and oxygen atoms in total. The minimum atomic E-state index is -0.757. The van der Waals surface area contributed by atoms with Crippen molar-refractivity contribution in [1.82, 2.24) is 20.2 Å². The summed E-state index contributed by atoms with van der Waals surface area (Å²) in [5.74, 6) is -0.571. The van der Waals surface area contributed by atoms with Crippen molar-refractivity contribution in [3.63, 3.8) is 0 Å². The Morgan fingerprint density at radius 1 is 1.18 bits per heavy atom. The first-order valence-corrected chi connectivity index (χ1v) is 14.7. The molecule has 0 unspecified atom stereocenters. The van der Waals surface area contributed by atoms with Crippen molar-refractivity contribution in [3.8, 4) is 0 Å². The molecule has 1 aliphatic heterocycles. The van der Waals surface area contributed by atoms with Gasteiger partial charge in [-0.05, 0) is 42.0 Å². The summed E-state index contributed by atoms with van der Waals surface area (Å²) in [5, 5.41) is 15.3. The molecule has 2 heterocycles. The average Bonchev–Trinajstić information content (AvgIpc) is 3.59. The first-order valence-electron chi connectivity index (χ1n) is 13.8. The number of nitrogens with zero attached hydrogens (tertiary/aromatic N) is 3. The van der Waals surface area contributed by atoms with E-state index in [1.54, 1.807) is 23.3 Å². The van der Waals surface area contributed by atoms with Crippen LogP contribution in [0, 0.1) is 17.3 Å². The number of hydrogen-bond donors (Lipinski definition) is 2. The standard InChI is InChI=1S/C28H44N4O5S/c1-28(2,3)25(29-26(35)21(18-32(37)19-33)16-20-8-5-6-9-20)27(36)30(4)22-11-13-31(14-12-22)24(34)17-23-10-7-15-38-23/h7,10,15,19-22,25,37H,5-6,8-9,11-14,16-18H2,1-4H3,(H,29,35)/t21-,25-/m1/s1. The second kappa shape index (κ2) is 13.6. The van der Waals surface area contributed by atoms with Gasteiger partial charge >= 0.3 is 0 Å². The average molecular weight is 549 g/mol. The fourth-order valence-corrected chi connectivity index (χ4v) is 6.35. The van der Waals surface area contributed by atoms with Crippen LogP contribution in [0.5, 0.6) is 0 Å². The zero-order valence-corrected chi connectivity index (χ0v) is 24.0. The van der Waals surface area contributed by atoms with Crippen LogP contribution in [-0.2, 0) is 25.6 Å². The Labute approximate surface area is 230 Å². The van der Waals surface area contributed by atoms with Crippen molar-refractivity contribution in [2.75, 3.05) is 26.7 Å². The van der Waals surface area contributed by atoms with Crippen LogP contribution in [0.3, 0.4) is 0 Å². The van der Waals surface area contributed by atoms with E-state index >= 15 is 0 Å². The van der Waals surface area contributed by atoms with Crippen LogP contribution >= 0.6 is 11.3 Å². The molecule has 3 rings (SSSR count). The van der Waals surface area contributed by atoms with E-state index in [4.69, 9.17) is 0 Å². The number of likely N-dealkylation sites (N-methyl/N-ethyl adjacent to an activating group) is 1. The zero-order valence-electron chi connectivity index (χ0n) is 23.2. The Hall–Kier alpha value is -2.46. The minimum Gasteiger partial charge on any atom is -0.344 e. The van der Waals surface area contributed by atoms with Crippen molar-refractivity contribution in [2.45, 2.75) is 84.2 Å². The summed E-state index contributed by atoms with van der Waals surface area (Å²) >= 11 is 1.58. The maximum atomic E-state index is 13.7. The van der Waals surface area contributed by atoms with Gasteiger partial charge in [0.15, 0.2) is 0 Å². The molecule has 0 aromatic carbocycles. The van der Waals surface area contributed by atoms with Gasteiger partial charge in [0.25, 0.3) is 0 Å². The molecule has 1 aliphatic carbocycles. The number of hydroxylamine groups is 2. The Kier molecular flexibility index (Phi) is 10.7. The number of piperidine rings is 1. The highest BCUT2D eigenvalue weighted by atomic mass is 32.1. The van der Waals surface area contributed by atoms with Gasteiger partial charge in [-0.25, -0.2) is 5.06 Å². The molecule has 2 aliphatic rings. The Morgan fingerprint density at radius 3 is 2.39 bits per heavy atom. The summed E-state index contributed by atoms with van der Waals surface area (Å²) < 4.78 is 0. The lowest BCUT2D eigenvalue weighted by Crippen LogP contribution is -2.58. The smallest absolute Gasteiger partial charge is 0.245 e. The van der Waals surface area contributed by atoms with Crippen LogP contribution in [0.15, 0.2) is 17.5 Å². The summed E-state index contributed by atoms with van der Waals surface area (Å²) in [6, 6.07) is 3.14. The van der Waals surface area contributed by atoms with E-state index in [2.05, 4.69) is 5.32 Å². The van der Waals surface area contributed by atoms with E-state index in [1.807, 2.05) is 43.2 Å². The predicted molar refractivity (Wildman–Crippen MR) is 146 cm³/mol. The molecule has 4 amide bonds. The van der Waals surface area contributed by atoms with Crippen LogP contribution in [0.2, 0.25) is 0 Å². The molecule has 1 aromatic rings. The molecule has 212 valence electrons. The summed E-state index contributed by atoms with van der Waals surface area (Å²) in [7, 11) is 1.78. The molecule has 1 saturated carbocycles. The predicted octanol–water partition coefficient (Wildman–Crippen LogP) is 3.32. The molecule has 0 radical (unpaired) electrons. The van der Waals surface area contributed by atoms with Crippen LogP contribution in [-0.4, -0.2) is 83.0 Å². The number of thiophene rings is 1. The topological polar surface area (TPSA) is 110 Å². The molecule has 1 aromatic heterocycles. The molecule has 1 saturated heterocycles. The zero-order chi connectivity index (χ0) is 27.9. The molecule has 38 heavy (non-hydrogen) atoms. The van der Waals surface area contributed by atoms with Gasteiger partial charge in [-0.1, -0.05) is 52.5 Å². The summed E-state index contributed by atoms with van der Waals surface area (Å²) in [5.41, 5.74) is -0.542. The van der Waals surface area contributed by atoms with Gasteiger partial charge < -0.3 is 15.1 Å². The molecule has 2 atom stereocenters. The molecule has 2 fully saturated rings. The summed E-state index contributed by atoms with van der Waals surface area (Å²) in [6.07, 6.45) is 7.00. The maximum Gasteiger partial charge on any atom is 0.245 e. The lowest BCUT2D eigenvalue weighted by Gasteiger charge is -2.40. The van der Waals surface area contributed by atoms with Crippen LogP contribution < -0.4 is 5.32 Å². The van der Waals surface area contributed by atoms with E-state index in [0.29, 0.717) is 56.2 Å². The normalized spacial score (nSPS) is 18.6. The highest BCUT2D eigenvalue weighted by Gasteiger charge is 2.39. The minimum absolute atomic E-state index is 0.0210. The number of carbonyl (C=O) groups excluding carboxylic acids is 4. The number of hydrogen-bond acceptors (Lipinski definition) is 6. The lowest BCUT2D eigenvalue weighted by atomic mass is 9.84. The van der Waals surface area contributed by atoms with E-state index in [-0.39, 0.29) is 30.3 Å². The third-order valence-corrected chi connectivity index (χ3v) is 8.89. The molecule has 10 heteroatoms. The highest BCUT2D eigenvalue weighted by molar-refractivity contribution is 7.10. The van der Waals surface area contributed by atoms with Gasteiger partial charge in [-0.3, -0.25) is 24.4 Å². The van der Waals surface area contributed by atoms with E-state index in [1.165, 1.54) is 0 Å². The van der Waals surface area contributed by atoms with Gasteiger partial charge in [0.2, 0.25) is 24.1 Å². The fourth-order valence-electron chi connectivity index (χ4n) is 5.65. The van der Waals surface area contributed by atoms with Gasteiger partial charge in [0, 0.05) is 31.1 Å². The van der Waals surface area contributed by atoms with Crippen molar-refractivity contribution in [3.05, 3.63) is 22.4 Å². The van der Waals surface area contributed by atoms with Gasteiger partial charge in [0.1, 0.15) is 6.04 Å². The highest BCUT2D eigenvalue weighted by Crippen LogP contribution is 2.31. The van der Waals surface area contributed by atoms with Crippen molar-refractivity contribution in [2.24, 2.45) is 17.3 Å². The van der Waals surface area contributed by atoms with Crippen LogP contribution in [0.1, 0.15) is 70.6 Å². The number of amides is 4. The van der Waals surface area contributed by atoms with E-state index in [9.17, 15) is 24.4 Å². The number of nitrogens with one attached hydrogen (secondary N) is 1. The maximum absolute atomic E-state index is 13.7. The van der Waals surface area contributed by atoms with Crippen molar-refractivity contribution >= 4 is 35.5 Å². The van der Waals surface area contributed by atoms with Crippen LogP contribution in [0.25, 0.3) is 0 Å². The monoisotopic (exact) mass is 548 g/mol. The molecular weight excluding hydrogens is 504 g/mol. The van der Waals surface area contributed by atoms with Crippen LogP contribution in [0.4, 0.5) is 0 Å². The van der Waals surface area contributed by atoms with Gasteiger partial charge in [-0.2, -0.15) is 0 Å². The molecule has 0 spiro atoms. The van der Waals surface area contributed by atoms with Crippen molar-refractivity contribution in [1.29, 1.82) is 0 Å². The first-order chi connectivity index (χ1) is 18.0. The first kappa shape index (κ1) is 30.1. The SMILES string of the molecule is CN(C(=O)[C@@H](NC(=O)[C@H](CC1CCCC1)CN(O)C=O)C(C)(C)C)C1CCN(C(=O)Cc2cccs2)CC1. The second-order valence-corrected chi connectivity index (χ2v) is 13.0. The Morgan fingerprint density at radius 2 is 1.84 bits per heavy atom. The second-order valence-electron chi connectivity index (χ2n) is 11.9. The number of carbonyl (C=O) groups is 4. The summed E-state index contributed by atoms with van der Waals surface area (Å²) in [6.45, 7) is 6.87. The third kappa shape index (κ3) is 8.27. The number of rotatable bonds is 11.